The Balaban J connectivity index is 1.64. The van der Waals surface area contributed by atoms with Gasteiger partial charge >= 0.3 is 0 Å². The molecule has 0 fully saturated rings. The second kappa shape index (κ2) is 7.31. The molecular formula is C17H18N6. The van der Waals surface area contributed by atoms with Crippen molar-refractivity contribution in [2.24, 2.45) is 0 Å². The van der Waals surface area contributed by atoms with Crippen molar-refractivity contribution in [1.82, 2.24) is 20.2 Å². The number of benzene rings is 1. The van der Waals surface area contributed by atoms with Gasteiger partial charge in [0.1, 0.15) is 0 Å². The van der Waals surface area contributed by atoms with Crippen LogP contribution in [0.4, 0.5) is 17.5 Å². The van der Waals surface area contributed by atoms with Gasteiger partial charge in [-0.05, 0) is 35.7 Å². The molecule has 3 aromatic rings. The molecule has 0 radical (unpaired) electrons. The standard InChI is InChI=1S/C17H18N6/c1-2-13-5-7-15(8-6-13)21-17-22-16(12-20-23-17)19-11-14-4-3-9-18-10-14/h3-10,12H,2,11H2,1H3,(H2,19,21,22,23). The first-order valence-electron chi connectivity index (χ1n) is 7.52. The van der Waals surface area contributed by atoms with Crippen LogP contribution >= 0.6 is 0 Å². The minimum Gasteiger partial charge on any atom is -0.364 e. The first-order valence-corrected chi connectivity index (χ1v) is 7.52. The highest BCUT2D eigenvalue weighted by molar-refractivity contribution is 5.54. The number of hydrogen-bond acceptors (Lipinski definition) is 6. The molecule has 0 saturated heterocycles. The van der Waals surface area contributed by atoms with Crippen LogP contribution in [0.3, 0.4) is 0 Å². The quantitative estimate of drug-likeness (QED) is 0.728. The number of rotatable bonds is 6. The zero-order valence-corrected chi connectivity index (χ0v) is 12.9. The first-order chi connectivity index (χ1) is 11.3. The fourth-order valence-electron chi connectivity index (χ4n) is 2.09. The van der Waals surface area contributed by atoms with Crippen molar-refractivity contribution in [3.8, 4) is 0 Å². The van der Waals surface area contributed by atoms with E-state index in [1.54, 1.807) is 12.4 Å². The highest BCUT2D eigenvalue weighted by Crippen LogP contribution is 2.15. The van der Waals surface area contributed by atoms with Crippen LogP contribution in [0.2, 0.25) is 0 Å². The minimum atomic E-state index is 0.463. The summed E-state index contributed by atoms with van der Waals surface area (Å²) in [6.45, 7) is 2.77. The third kappa shape index (κ3) is 4.23. The van der Waals surface area contributed by atoms with Gasteiger partial charge < -0.3 is 10.6 Å². The van der Waals surface area contributed by atoms with Crippen molar-refractivity contribution < 1.29 is 0 Å². The van der Waals surface area contributed by atoms with Crippen LogP contribution in [-0.2, 0) is 13.0 Å². The molecule has 6 heteroatoms. The van der Waals surface area contributed by atoms with Crippen LogP contribution in [0.15, 0.2) is 55.0 Å². The van der Waals surface area contributed by atoms with Gasteiger partial charge in [0, 0.05) is 24.6 Å². The van der Waals surface area contributed by atoms with Gasteiger partial charge in [-0.3, -0.25) is 4.98 Å². The van der Waals surface area contributed by atoms with Gasteiger partial charge in [-0.2, -0.15) is 10.1 Å². The van der Waals surface area contributed by atoms with E-state index < -0.39 is 0 Å². The van der Waals surface area contributed by atoms with E-state index in [0.29, 0.717) is 18.3 Å². The smallest absolute Gasteiger partial charge is 0.249 e. The number of hydrogen-bond donors (Lipinski definition) is 2. The molecule has 2 N–H and O–H groups in total. The molecule has 0 aliphatic rings. The van der Waals surface area contributed by atoms with E-state index in [1.807, 2.05) is 30.5 Å². The van der Waals surface area contributed by atoms with Crippen molar-refractivity contribution in [3.05, 3.63) is 66.1 Å². The molecule has 2 heterocycles. The van der Waals surface area contributed by atoms with Gasteiger partial charge in [0.15, 0.2) is 5.82 Å². The van der Waals surface area contributed by atoms with E-state index in [4.69, 9.17) is 0 Å². The fourth-order valence-corrected chi connectivity index (χ4v) is 2.09. The number of anilines is 3. The monoisotopic (exact) mass is 306 g/mol. The molecular weight excluding hydrogens is 288 g/mol. The molecule has 0 saturated carbocycles. The number of aromatic nitrogens is 4. The Kier molecular flexibility index (Phi) is 4.73. The van der Waals surface area contributed by atoms with E-state index in [0.717, 1.165) is 17.7 Å². The van der Waals surface area contributed by atoms with E-state index >= 15 is 0 Å². The molecule has 3 rings (SSSR count). The summed E-state index contributed by atoms with van der Waals surface area (Å²) in [5.74, 6) is 1.13. The summed E-state index contributed by atoms with van der Waals surface area (Å²) >= 11 is 0. The Labute approximate surface area is 135 Å². The molecule has 6 nitrogen and oxygen atoms in total. The molecule has 0 atom stereocenters. The molecule has 0 amide bonds. The number of pyridine rings is 1. The molecule has 0 bridgehead atoms. The first kappa shape index (κ1) is 14.9. The molecule has 116 valence electrons. The highest BCUT2D eigenvalue weighted by Gasteiger charge is 2.02. The lowest BCUT2D eigenvalue weighted by Gasteiger charge is -2.08. The normalized spacial score (nSPS) is 10.3. The van der Waals surface area contributed by atoms with Gasteiger partial charge in [0.05, 0.1) is 6.20 Å². The average Bonchev–Trinajstić information content (AvgIpc) is 2.62. The second-order valence-corrected chi connectivity index (χ2v) is 5.06. The van der Waals surface area contributed by atoms with Crippen molar-refractivity contribution in [2.45, 2.75) is 19.9 Å². The van der Waals surface area contributed by atoms with Crippen molar-refractivity contribution in [3.63, 3.8) is 0 Å². The Hall–Kier alpha value is -3.02. The summed E-state index contributed by atoms with van der Waals surface area (Å²) in [6, 6.07) is 12.1. The van der Waals surface area contributed by atoms with Crippen LogP contribution in [-0.4, -0.2) is 20.2 Å². The second-order valence-electron chi connectivity index (χ2n) is 5.06. The van der Waals surface area contributed by atoms with E-state index in [2.05, 4.69) is 49.9 Å². The summed E-state index contributed by atoms with van der Waals surface area (Å²) < 4.78 is 0. The summed E-state index contributed by atoms with van der Waals surface area (Å²) in [6.07, 6.45) is 6.19. The Bertz CT molecular complexity index is 743. The average molecular weight is 306 g/mol. The SMILES string of the molecule is CCc1ccc(Nc2nncc(NCc3cccnc3)n2)cc1. The summed E-state index contributed by atoms with van der Waals surface area (Å²) in [5.41, 5.74) is 3.31. The van der Waals surface area contributed by atoms with Crippen LogP contribution in [0, 0.1) is 0 Å². The van der Waals surface area contributed by atoms with Crippen LogP contribution in [0.5, 0.6) is 0 Å². The molecule has 2 aromatic heterocycles. The predicted molar refractivity (Wildman–Crippen MR) is 90.5 cm³/mol. The number of nitrogens with zero attached hydrogens (tertiary/aromatic N) is 4. The lowest BCUT2D eigenvalue weighted by molar-refractivity contribution is 0.964. The van der Waals surface area contributed by atoms with Gasteiger partial charge in [-0.15, -0.1) is 5.10 Å². The summed E-state index contributed by atoms with van der Waals surface area (Å²) in [7, 11) is 0. The van der Waals surface area contributed by atoms with Crippen LogP contribution in [0.1, 0.15) is 18.1 Å². The molecule has 0 aliphatic heterocycles. The Morgan fingerprint density at radius 1 is 1.00 bits per heavy atom. The van der Waals surface area contributed by atoms with Gasteiger partial charge in [0.2, 0.25) is 5.95 Å². The third-order valence-electron chi connectivity index (χ3n) is 3.37. The molecule has 23 heavy (non-hydrogen) atoms. The van der Waals surface area contributed by atoms with Crippen molar-refractivity contribution in [1.29, 1.82) is 0 Å². The lowest BCUT2D eigenvalue weighted by atomic mass is 10.1. The van der Waals surface area contributed by atoms with Crippen LogP contribution < -0.4 is 10.6 Å². The zero-order chi connectivity index (χ0) is 15.9. The van der Waals surface area contributed by atoms with Crippen molar-refractivity contribution >= 4 is 17.5 Å². The zero-order valence-electron chi connectivity index (χ0n) is 12.9. The van der Waals surface area contributed by atoms with E-state index in [-0.39, 0.29) is 0 Å². The Morgan fingerprint density at radius 3 is 2.61 bits per heavy atom. The largest absolute Gasteiger partial charge is 0.364 e. The summed E-state index contributed by atoms with van der Waals surface area (Å²) in [5, 5.41) is 14.3. The van der Waals surface area contributed by atoms with E-state index in [9.17, 15) is 0 Å². The maximum atomic E-state index is 4.41. The Morgan fingerprint density at radius 2 is 1.87 bits per heavy atom. The molecule has 0 aliphatic carbocycles. The number of nitrogens with one attached hydrogen (secondary N) is 2. The van der Waals surface area contributed by atoms with Gasteiger partial charge in [-0.1, -0.05) is 25.1 Å². The molecule has 0 unspecified atom stereocenters. The van der Waals surface area contributed by atoms with Gasteiger partial charge in [-0.25, -0.2) is 0 Å². The number of aryl methyl sites for hydroxylation is 1. The lowest BCUT2D eigenvalue weighted by Crippen LogP contribution is -2.05. The minimum absolute atomic E-state index is 0.463. The highest BCUT2D eigenvalue weighted by atomic mass is 15.3. The maximum Gasteiger partial charge on any atom is 0.249 e. The maximum absolute atomic E-state index is 4.41. The van der Waals surface area contributed by atoms with Gasteiger partial charge in [0.25, 0.3) is 0 Å². The molecule has 1 aromatic carbocycles. The molecule has 0 spiro atoms. The third-order valence-corrected chi connectivity index (χ3v) is 3.37. The summed E-state index contributed by atoms with van der Waals surface area (Å²) in [4.78, 5) is 8.49. The topological polar surface area (TPSA) is 75.6 Å². The predicted octanol–water partition coefficient (Wildman–Crippen LogP) is 3.18. The van der Waals surface area contributed by atoms with E-state index in [1.165, 1.54) is 5.56 Å². The van der Waals surface area contributed by atoms with Crippen LogP contribution in [0.25, 0.3) is 0 Å². The van der Waals surface area contributed by atoms with Crippen molar-refractivity contribution in [2.75, 3.05) is 10.6 Å². The fraction of sp³-hybridized carbons (Fsp3) is 0.176.